The number of carbonyl (C=O) groups is 3. The topological polar surface area (TPSA) is 75.7 Å². The number of thioether (sulfide) groups is 1. The molecule has 1 aromatic rings. The number of benzene rings is 1. The van der Waals surface area contributed by atoms with Crippen molar-refractivity contribution >= 4 is 34.9 Å². The molecule has 0 aromatic heterocycles. The molecule has 0 unspecified atom stereocenters. The monoisotopic (exact) mass is 320 g/mol. The van der Waals surface area contributed by atoms with E-state index in [0.717, 1.165) is 22.2 Å². The number of ether oxygens (including phenoxy) is 1. The van der Waals surface area contributed by atoms with Crippen molar-refractivity contribution in [2.24, 2.45) is 0 Å². The lowest BCUT2D eigenvalue weighted by molar-refractivity contribution is -0.123. The summed E-state index contributed by atoms with van der Waals surface area (Å²) in [6.07, 6.45) is 1.64. The molecule has 0 saturated carbocycles. The predicted molar refractivity (Wildman–Crippen MR) is 84.4 cm³/mol. The Morgan fingerprint density at radius 3 is 2.77 bits per heavy atom. The van der Waals surface area contributed by atoms with Crippen LogP contribution < -0.4 is 10.1 Å². The number of imide groups is 1. The zero-order valence-corrected chi connectivity index (χ0v) is 13.1. The number of nitrogens with zero attached hydrogens (tertiary/aromatic N) is 1. The zero-order chi connectivity index (χ0) is 16.1. The van der Waals surface area contributed by atoms with E-state index in [0.29, 0.717) is 10.7 Å². The highest BCUT2D eigenvalue weighted by Crippen LogP contribution is 2.33. The first-order chi connectivity index (χ1) is 10.5. The SMILES string of the molecule is COc1ccccc1/C=C1\SC(=O)N(CCNC(C)=O)C1=O. The zero-order valence-electron chi connectivity index (χ0n) is 12.3. The van der Waals surface area contributed by atoms with Gasteiger partial charge in [0.15, 0.2) is 0 Å². The van der Waals surface area contributed by atoms with Gasteiger partial charge in [-0.2, -0.15) is 0 Å². The van der Waals surface area contributed by atoms with Crippen molar-refractivity contribution in [2.75, 3.05) is 20.2 Å². The Hall–Kier alpha value is -2.28. The summed E-state index contributed by atoms with van der Waals surface area (Å²) in [4.78, 5) is 36.5. The van der Waals surface area contributed by atoms with E-state index >= 15 is 0 Å². The van der Waals surface area contributed by atoms with Crippen molar-refractivity contribution < 1.29 is 19.1 Å². The number of carbonyl (C=O) groups excluding carboxylic acids is 3. The van der Waals surface area contributed by atoms with Crippen molar-refractivity contribution in [3.8, 4) is 5.75 Å². The lowest BCUT2D eigenvalue weighted by Gasteiger charge is -2.12. The van der Waals surface area contributed by atoms with E-state index in [-0.39, 0.29) is 30.1 Å². The lowest BCUT2D eigenvalue weighted by atomic mass is 10.2. The Bertz CT molecular complexity index is 642. The molecule has 1 aromatic carbocycles. The maximum Gasteiger partial charge on any atom is 0.293 e. The number of rotatable bonds is 5. The predicted octanol–water partition coefficient (Wildman–Crippen LogP) is 1.87. The fourth-order valence-electron chi connectivity index (χ4n) is 1.96. The molecule has 1 saturated heterocycles. The third-order valence-corrected chi connectivity index (χ3v) is 3.92. The minimum Gasteiger partial charge on any atom is -0.496 e. The van der Waals surface area contributed by atoms with Gasteiger partial charge in [0.2, 0.25) is 5.91 Å². The fourth-order valence-corrected chi connectivity index (χ4v) is 2.82. The van der Waals surface area contributed by atoms with Gasteiger partial charge in [-0.3, -0.25) is 19.3 Å². The first-order valence-corrected chi connectivity index (χ1v) is 7.47. The van der Waals surface area contributed by atoms with Crippen LogP contribution in [-0.4, -0.2) is 42.2 Å². The smallest absolute Gasteiger partial charge is 0.293 e. The van der Waals surface area contributed by atoms with Crippen molar-refractivity contribution in [2.45, 2.75) is 6.92 Å². The summed E-state index contributed by atoms with van der Waals surface area (Å²) in [6.45, 7) is 1.79. The van der Waals surface area contributed by atoms with E-state index < -0.39 is 0 Å². The van der Waals surface area contributed by atoms with Crippen molar-refractivity contribution in [1.82, 2.24) is 10.2 Å². The van der Waals surface area contributed by atoms with E-state index in [1.165, 1.54) is 6.92 Å². The van der Waals surface area contributed by atoms with Crippen LogP contribution in [0.3, 0.4) is 0 Å². The molecule has 0 aliphatic carbocycles. The molecule has 0 atom stereocenters. The largest absolute Gasteiger partial charge is 0.496 e. The molecule has 22 heavy (non-hydrogen) atoms. The van der Waals surface area contributed by atoms with E-state index in [9.17, 15) is 14.4 Å². The second kappa shape index (κ2) is 7.13. The summed E-state index contributed by atoms with van der Waals surface area (Å²) in [5.74, 6) is 0.0790. The van der Waals surface area contributed by atoms with E-state index in [1.807, 2.05) is 18.2 Å². The molecule has 1 aliphatic rings. The highest BCUT2D eigenvalue weighted by Gasteiger charge is 2.34. The molecule has 1 fully saturated rings. The first kappa shape index (κ1) is 16.1. The van der Waals surface area contributed by atoms with E-state index in [4.69, 9.17) is 4.74 Å². The first-order valence-electron chi connectivity index (χ1n) is 6.65. The average molecular weight is 320 g/mol. The standard InChI is InChI=1S/C15H16N2O4S/c1-10(18)16-7-8-17-14(19)13(22-15(17)20)9-11-5-3-4-6-12(11)21-2/h3-6,9H,7-8H2,1-2H3,(H,16,18)/b13-9-. The van der Waals surface area contributed by atoms with Gasteiger partial charge in [-0.05, 0) is 23.9 Å². The minimum atomic E-state index is -0.355. The fraction of sp³-hybridized carbons (Fsp3) is 0.267. The van der Waals surface area contributed by atoms with Gasteiger partial charge in [0, 0.05) is 25.6 Å². The van der Waals surface area contributed by atoms with Crippen molar-refractivity contribution in [1.29, 1.82) is 0 Å². The Balaban J connectivity index is 2.13. The molecule has 7 heteroatoms. The van der Waals surface area contributed by atoms with E-state index in [1.54, 1.807) is 19.3 Å². The quantitative estimate of drug-likeness (QED) is 0.838. The van der Waals surface area contributed by atoms with Gasteiger partial charge in [-0.15, -0.1) is 0 Å². The van der Waals surface area contributed by atoms with Crippen LogP contribution in [0.5, 0.6) is 5.75 Å². The van der Waals surface area contributed by atoms with Gasteiger partial charge in [0.25, 0.3) is 11.1 Å². The summed E-state index contributed by atoms with van der Waals surface area (Å²) in [6, 6.07) is 7.25. The summed E-state index contributed by atoms with van der Waals surface area (Å²) < 4.78 is 5.22. The van der Waals surface area contributed by atoms with Crippen LogP contribution in [0.1, 0.15) is 12.5 Å². The average Bonchev–Trinajstić information content (AvgIpc) is 2.75. The van der Waals surface area contributed by atoms with Gasteiger partial charge in [0.05, 0.1) is 12.0 Å². The second-order valence-electron chi connectivity index (χ2n) is 4.56. The highest BCUT2D eigenvalue weighted by atomic mass is 32.2. The summed E-state index contributed by atoms with van der Waals surface area (Å²) in [7, 11) is 1.55. The normalized spacial score (nSPS) is 16.3. The van der Waals surface area contributed by atoms with Crippen molar-refractivity contribution in [3.63, 3.8) is 0 Å². The third kappa shape index (κ3) is 3.67. The molecule has 0 bridgehead atoms. The molecule has 1 aliphatic heterocycles. The summed E-state index contributed by atoms with van der Waals surface area (Å²) in [5.41, 5.74) is 0.734. The minimum absolute atomic E-state index is 0.160. The Labute approximate surface area is 132 Å². The number of amides is 3. The molecule has 6 nitrogen and oxygen atoms in total. The van der Waals surface area contributed by atoms with Crippen LogP contribution in [0, 0.1) is 0 Å². The Morgan fingerprint density at radius 2 is 2.09 bits per heavy atom. The molecule has 1 N–H and O–H groups in total. The molecule has 116 valence electrons. The molecule has 3 amide bonds. The summed E-state index contributed by atoms with van der Waals surface area (Å²) >= 11 is 0.885. The van der Waals surface area contributed by atoms with Gasteiger partial charge < -0.3 is 10.1 Å². The number of hydrogen-bond donors (Lipinski definition) is 1. The van der Waals surface area contributed by atoms with Gasteiger partial charge in [-0.1, -0.05) is 18.2 Å². The van der Waals surface area contributed by atoms with Crippen LogP contribution in [-0.2, 0) is 9.59 Å². The lowest BCUT2D eigenvalue weighted by Crippen LogP contribution is -2.36. The Morgan fingerprint density at radius 1 is 1.36 bits per heavy atom. The van der Waals surface area contributed by atoms with Crippen LogP contribution in [0.2, 0.25) is 0 Å². The number of para-hydroxylation sites is 1. The number of hydrogen-bond acceptors (Lipinski definition) is 5. The van der Waals surface area contributed by atoms with Crippen LogP contribution in [0.25, 0.3) is 6.08 Å². The molecule has 0 radical (unpaired) electrons. The molecule has 0 spiro atoms. The van der Waals surface area contributed by atoms with Gasteiger partial charge in [-0.25, -0.2) is 0 Å². The van der Waals surface area contributed by atoms with Crippen LogP contribution in [0.15, 0.2) is 29.2 Å². The van der Waals surface area contributed by atoms with Crippen LogP contribution >= 0.6 is 11.8 Å². The highest BCUT2D eigenvalue weighted by molar-refractivity contribution is 8.18. The van der Waals surface area contributed by atoms with Gasteiger partial charge >= 0.3 is 0 Å². The molecule has 1 heterocycles. The maximum atomic E-state index is 12.3. The molecular formula is C15H16N2O4S. The number of methoxy groups -OCH3 is 1. The third-order valence-electron chi connectivity index (χ3n) is 3.01. The summed E-state index contributed by atoms with van der Waals surface area (Å²) in [5, 5.41) is 2.23. The molecule has 2 rings (SSSR count). The number of nitrogens with one attached hydrogen (secondary N) is 1. The van der Waals surface area contributed by atoms with Crippen molar-refractivity contribution in [3.05, 3.63) is 34.7 Å². The molecular weight excluding hydrogens is 304 g/mol. The maximum absolute atomic E-state index is 12.3. The second-order valence-corrected chi connectivity index (χ2v) is 5.55. The Kier molecular flexibility index (Phi) is 5.21. The van der Waals surface area contributed by atoms with Gasteiger partial charge in [0.1, 0.15) is 5.75 Å². The van der Waals surface area contributed by atoms with Crippen LogP contribution in [0.4, 0.5) is 4.79 Å². The van der Waals surface area contributed by atoms with E-state index in [2.05, 4.69) is 5.32 Å².